The zero-order chi connectivity index (χ0) is 11.4. The highest BCUT2D eigenvalue weighted by molar-refractivity contribution is 5.28. The molecule has 1 rings (SSSR count). The average molecular weight is 211 g/mol. The third-order valence-electron chi connectivity index (χ3n) is 2.25. The van der Waals surface area contributed by atoms with Crippen molar-refractivity contribution in [2.45, 2.75) is 19.1 Å². The number of nitro groups is 1. The van der Waals surface area contributed by atoms with Gasteiger partial charge in [0.15, 0.2) is 0 Å². The van der Waals surface area contributed by atoms with E-state index >= 15 is 0 Å². The third kappa shape index (κ3) is 2.66. The molecule has 0 aliphatic rings. The van der Waals surface area contributed by atoms with Gasteiger partial charge in [0.2, 0.25) is 6.04 Å². The Morgan fingerprint density at radius 1 is 1.40 bits per heavy atom. The van der Waals surface area contributed by atoms with Gasteiger partial charge in [-0.2, -0.15) is 0 Å². The van der Waals surface area contributed by atoms with Crippen LogP contribution in [0.25, 0.3) is 0 Å². The van der Waals surface area contributed by atoms with Gasteiger partial charge in [-0.25, -0.2) is 0 Å². The molecule has 5 heteroatoms. The topological polar surface area (TPSA) is 72.6 Å². The number of aliphatic hydroxyl groups is 1. The van der Waals surface area contributed by atoms with Crippen LogP contribution in [0.2, 0.25) is 0 Å². The van der Waals surface area contributed by atoms with Crippen LogP contribution >= 0.6 is 0 Å². The van der Waals surface area contributed by atoms with Crippen LogP contribution in [0.5, 0.6) is 5.75 Å². The van der Waals surface area contributed by atoms with Gasteiger partial charge in [0.1, 0.15) is 11.9 Å². The van der Waals surface area contributed by atoms with Gasteiger partial charge in [-0.05, 0) is 17.7 Å². The second-order valence-electron chi connectivity index (χ2n) is 3.24. The highest BCUT2D eigenvalue weighted by atomic mass is 16.6. The molecule has 0 bridgehead atoms. The molecule has 2 atom stereocenters. The van der Waals surface area contributed by atoms with Crippen molar-refractivity contribution in [2.75, 3.05) is 7.11 Å². The van der Waals surface area contributed by atoms with Crippen LogP contribution in [-0.2, 0) is 0 Å². The maximum atomic E-state index is 10.5. The molecular formula is C10H13NO4. The number of benzene rings is 1. The van der Waals surface area contributed by atoms with Crippen molar-refractivity contribution in [1.29, 1.82) is 0 Å². The monoisotopic (exact) mass is 211 g/mol. The van der Waals surface area contributed by atoms with Gasteiger partial charge in [-0.1, -0.05) is 12.1 Å². The molecule has 0 radical (unpaired) electrons. The van der Waals surface area contributed by atoms with Gasteiger partial charge in [0.25, 0.3) is 0 Å². The van der Waals surface area contributed by atoms with E-state index in [-0.39, 0.29) is 0 Å². The molecule has 5 nitrogen and oxygen atoms in total. The summed E-state index contributed by atoms with van der Waals surface area (Å²) < 4.78 is 4.94. The molecule has 1 N–H and O–H groups in total. The number of hydrogen-bond acceptors (Lipinski definition) is 4. The molecule has 0 amide bonds. The van der Waals surface area contributed by atoms with Crippen molar-refractivity contribution in [3.8, 4) is 5.75 Å². The number of methoxy groups -OCH3 is 1. The van der Waals surface area contributed by atoms with Crippen LogP contribution in [0.15, 0.2) is 24.3 Å². The minimum absolute atomic E-state index is 0.505. The van der Waals surface area contributed by atoms with Crippen molar-refractivity contribution < 1.29 is 14.8 Å². The van der Waals surface area contributed by atoms with Gasteiger partial charge < -0.3 is 9.84 Å². The van der Waals surface area contributed by atoms with Gasteiger partial charge >= 0.3 is 0 Å². The largest absolute Gasteiger partial charge is 0.497 e. The number of rotatable bonds is 4. The standard InChI is InChI=1S/C10H13NO4/c1-7(11(13)14)10(12)8-3-5-9(15-2)6-4-8/h3-7,10,12H,1-2H3/t7-,10-/m1/s1. The first-order valence-corrected chi connectivity index (χ1v) is 4.51. The number of aliphatic hydroxyl groups excluding tert-OH is 1. The van der Waals surface area contributed by atoms with Gasteiger partial charge in [0, 0.05) is 11.8 Å². The predicted molar refractivity (Wildman–Crippen MR) is 54.4 cm³/mol. The second-order valence-corrected chi connectivity index (χ2v) is 3.24. The lowest BCUT2D eigenvalue weighted by Crippen LogP contribution is -2.23. The minimum Gasteiger partial charge on any atom is -0.497 e. The van der Waals surface area contributed by atoms with Crippen molar-refractivity contribution in [3.63, 3.8) is 0 Å². The van der Waals surface area contributed by atoms with E-state index in [0.717, 1.165) is 0 Å². The van der Waals surface area contributed by atoms with Crippen LogP contribution in [0.1, 0.15) is 18.6 Å². The zero-order valence-electron chi connectivity index (χ0n) is 8.58. The Morgan fingerprint density at radius 3 is 2.33 bits per heavy atom. The SMILES string of the molecule is COc1ccc([C@H](O)[C@@H](C)[N+](=O)[O-])cc1. The summed E-state index contributed by atoms with van der Waals surface area (Å²) in [5.74, 6) is 0.653. The Bertz CT molecular complexity index is 336. The zero-order valence-corrected chi connectivity index (χ0v) is 8.58. The van der Waals surface area contributed by atoms with Crippen LogP contribution in [0.3, 0.4) is 0 Å². The lowest BCUT2D eigenvalue weighted by Gasteiger charge is -2.12. The van der Waals surface area contributed by atoms with Gasteiger partial charge in [0.05, 0.1) is 7.11 Å². The molecule has 0 aromatic heterocycles. The van der Waals surface area contributed by atoms with E-state index in [0.29, 0.717) is 11.3 Å². The first-order chi connectivity index (χ1) is 7.06. The first kappa shape index (κ1) is 11.5. The fourth-order valence-electron chi connectivity index (χ4n) is 1.19. The summed E-state index contributed by atoms with van der Waals surface area (Å²) >= 11 is 0. The summed E-state index contributed by atoms with van der Waals surface area (Å²) in [6, 6.07) is 5.53. The summed E-state index contributed by atoms with van der Waals surface area (Å²) in [5, 5.41) is 20.1. The molecule has 0 heterocycles. The predicted octanol–water partition coefficient (Wildman–Crippen LogP) is 1.39. The number of ether oxygens (including phenoxy) is 1. The van der Waals surface area contributed by atoms with E-state index in [1.165, 1.54) is 14.0 Å². The Labute approximate surface area is 87.5 Å². The summed E-state index contributed by atoms with van der Waals surface area (Å²) in [7, 11) is 1.53. The van der Waals surface area contributed by atoms with Crippen LogP contribution in [0, 0.1) is 10.1 Å². The van der Waals surface area contributed by atoms with Crippen molar-refractivity contribution in [1.82, 2.24) is 0 Å². The highest BCUT2D eigenvalue weighted by Crippen LogP contribution is 2.21. The average Bonchev–Trinajstić information content (AvgIpc) is 2.27. The smallest absolute Gasteiger partial charge is 0.239 e. The van der Waals surface area contributed by atoms with E-state index < -0.39 is 17.1 Å². The van der Waals surface area contributed by atoms with E-state index in [2.05, 4.69) is 0 Å². The quantitative estimate of drug-likeness (QED) is 0.603. The molecule has 0 saturated carbocycles. The molecular weight excluding hydrogens is 198 g/mol. The lowest BCUT2D eigenvalue weighted by atomic mass is 10.0. The molecule has 0 spiro atoms. The summed E-state index contributed by atoms with van der Waals surface area (Å²) in [6.07, 6.45) is -1.09. The number of hydrogen-bond donors (Lipinski definition) is 1. The molecule has 0 saturated heterocycles. The second kappa shape index (κ2) is 4.75. The van der Waals surface area contributed by atoms with Crippen LogP contribution < -0.4 is 4.74 Å². The van der Waals surface area contributed by atoms with Crippen molar-refractivity contribution in [3.05, 3.63) is 39.9 Å². The van der Waals surface area contributed by atoms with E-state index in [9.17, 15) is 15.2 Å². The molecule has 0 fully saturated rings. The normalized spacial score (nSPS) is 14.3. The Hall–Kier alpha value is -1.62. The molecule has 0 unspecified atom stereocenters. The molecule has 1 aromatic rings. The van der Waals surface area contributed by atoms with Crippen LogP contribution in [-0.4, -0.2) is 23.2 Å². The Kier molecular flexibility index (Phi) is 3.62. The Balaban J connectivity index is 2.82. The fraction of sp³-hybridized carbons (Fsp3) is 0.400. The minimum atomic E-state index is -1.09. The third-order valence-corrected chi connectivity index (χ3v) is 2.25. The molecule has 15 heavy (non-hydrogen) atoms. The van der Waals surface area contributed by atoms with Gasteiger partial charge in [-0.15, -0.1) is 0 Å². The van der Waals surface area contributed by atoms with Gasteiger partial charge in [-0.3, -0.25) is 10.1 Å². The fourth-order valence-corrected chi connectivity index (χ4v) is 1.19. The Morgan fingerprint density at radius 2 is 1.93 bits per heavy atom. The maximum Gasteiger partial charge on any atom is 0.239 e. The molecule has 82 valence electrons. The maximum absolute atomic E-state index is 10.5. The summed E-state index contributed by atoms with van der Waals surface area (Å²) in [6.45, 7) is 1.37. The van der Waals surface area contributed by atoms with Crippen molar-refractivity contribution >= 4 is 0 Å². The summed E-state index contributed by atoms with van der Waals surface area (Å²) in [5.41, 5.74) is 0.514. The van der Waals surface area contributed by atoms with Crippen molar-refractivity contribution in [2.24, 2.45) is 0 Å². The summed E-state index contributed by atoms with van der Waals surface area (Å²) in [4.78, 5) is 9.95. The number of nitrogens with zero attached hydrogens (tertiary/aromatic N) is 1. The van der Waals surface area contributed by atoms with E-state index in [1.54, 1.807) is 24.3 Å². The molecule has 1 aromatic carbocycles. The molecule has 0 aliphatic heterocycles. The van der Waals surface area contributed by atoms with E-state index in [1.807, 2.05) is 0 Å². The molecule has 0 aliphatic carbocycles. The van der Waals surface area contributed by atoms with Crippen LogP contribution in [0.4, 0.5) is 0 Å². The highest BCUT2D eigenvalue weighted by Gasteiger charge is 2.25. The first-order valence-electron chi connectivity index (χ1n) is 4.51. The van der Waals surface area contributed by atoms with E-state index in [4.69, 9.17) is 4.74 Å². The lowest BCUT2D eigenvalue weighted by molar-refractivity contribution is -0.531.